The molecule has 1 heterocycles. The van der Waals surface area contributed by atoms with Crippen molar-refractivity contribution in [2.45, 2.75) is 27.2 Å². The number of aryl methyl sites for hydroxylation is 3. The van der Waals surface area contributed by atoms with Gasteiger partial charge in [0, 0.05) is 5.69 Å². The van der Waals surface area contributed by atoms with Gasteiger partial charge in [-0.2, -0.15) is 0 Å². The predicted octanol–water partition coefficient (Wildman–Crippen LogP) is 3.37. The number of rotatable bonds is 3. The number of fused-ring (bicyclic) bond motifs is 1. The van der Waals surface area contributed by atoms with Gasteiger partial charge in [-0.15, -0.1) is 0 Å². The van der Waals surface area contributed by atoms with E-state index in [0.717, 1.165) is 22.4 Å². The molecule has 25 heavy (non-hydrogen) atoms. The fraction of sp³-hybridized carbons (Fsp3) is 0.300. The molecule has 0 aromatic heterocycles. The third kappa shape index (κ3) is 3.65. The number of amides is 2. The lowest BCUT2D eigenvalue weighted by atomic mass is 10.1. The lowest BCUT2D eigenvalue weighted by Gasteiger charge is -2.22. The monoisotopic (exact) mass is 338 g/mol. The van der Waals surface area contributed by atoms with Crippen LogP contribution in [0.3, 0.4) is 0 Å². The van der Waals surface area contributed by atoms with E-state index in [2.05, 4.69) is 5.32 Å². The van der Waals surface area contributed by atoms with Crippen LogP contribution in [0.15, 0.2) is 36.4 Å². The van der Waals surface area contributed by atoms with Crippen molar-refractivity contribution in [3.63, 3.8) is 0 Å². The summed E-state index contributed by atoms with van der Waals surface area (Å²) in [6.45, 7) is 6.25. The number of ether oxygens (including phenoxy) is 1. The maximum atomic E-state index is 12.6. The zero-order chi connectivity index (χ0) is 18.0. The molecule has 2 amide bonds. The molecule has 0 unspecified atom stereocenters. The van der Waals surface area contributed by atoms with E-state index < -0.39 is 0 Å². The van der Waals surface area contributed by atoms with Gasteiger partial charge in [0.05, 0.1) is 18.7 Å². The molecule has 0 radical (unpaired) electrons. The van der Waals surface area contributed by atoms with Crippen molar-refractivity contribution in [3.05, 3.63) is 53.1 Å². The zero-order valence-electron chi connectivity index (χ0n) is 14.8. The maximum absolute atomic E-state index is 12.6. The van der Waals surface area contributed by atoms with Crippen LogP contribution in [0.2, 0.25) is 0 Å². The number of carbonyl (C=O) groups is 2. The quantitative estimate of drug-likeness (QED) is 0.933. The molecule has 2 aromatic carbocycles. The fourth-order valence-electron chi connectivity index (χ4n) is 3.19. The van der Waals surface area contributed by atoms with Crippen LogP contribution in [-0.2, 0) is 9.59 Å². The summed E-state index contributed by atoms with van der Waals surface area (Å²) in [5.74, 6) is 0.293. The minimum atomic E-state index is -0.222. The molecule has 0 bridgehead atoms. The summed E-state index contributed by atoms with van der Waals surface area (Å²) >= 11 is 0. The molecule has 130 valence electrons. The van der Waals surface area contributed by atoms with Crippen LogP contribution < -0.4 is 15.0 Å². The minimum Gasteiger partial charge on any atom is -0.491 e. The van der Waals surface area contributed by atoms with Crippen LogP contribution in [0.25, 0.3) is 0 Å². The van der Waals surface area contributed by atoms with Crippen molar-refractivity contribution >= 4 is 23.2 Å². The van der Waals surface area contributed by atoms with Crippen molar-refractivity contribution < 1.29 is 14.3 Å². The summed E-state index contributed by atoms with van der Waals surface area (Å²) in [6.07, 6.45) is 0.255. The molecule has 0 aliphatic carbocycles. The van der Waals surface area contributed by atoms with Crippen LogP contribution in [0.5, 0.6) is 5.75 Å². The van der Waals surface area contributed by atoms with Crippen molar-refractivity contribution in [2.24, 2.45) is 0 Å². The minimum absolute atomic E-state index is 0.0358. The van der Waals surface area contributed by atoms with Gasteiger partial charge in [0.25, 0.3) is 0 Å². The van der Waals surface area contributed by atoms with E-state index in [4.69, 9.17) is 4.74 Å². The first kappa shape index (κ1) is 17.0. The normalized spacial score (nSPS) is 13.7. The van der Waals surface area contributed by atoms with Gasteiger partial charge in [-0.05, 0) is 44.0 Å². The highest BCUT2D eigenvalue weighted by Crippen LogP contribution is 2.31. The maximum Gasteiger partial charge on any atom is 0.244 e. The van der Waals surface area contributed by atoms with E-state index in [9.17, 15) is 9.59 Å². The first-order valence-electron chi connectivity index (χ1n) is 8.35. The number of anilines is 2. The molecule has 0 saturated carbocycles. The highest BCUT2D eigenvalue weighted by Gasteiger charge is 2.25. The van der Waals surface area contributed by atoms with Crippen LogP contribution in [0, 0.1) is 20.8 Å². The number of para-hydroxylation sites is 2. The second-order valence-electron chi connectivity index (χ2n) is 6.37. The Hall–Kier alpha value is -2.82. The average molecular weight is 338 g/mol. The lowest BCUT2D eigenvalue weighted by molar-refractivity contribution is -0.121. The van der Waals surface area contributed by atoms with Crippen molar-refractivity contribution in [1.82, 2.24) is 0 Å². The van der Waals surface area contributed by atoms with Gasteiger partial charge in [-0.3, -0.25) is 14.5 Å². The topological polar surface area (TPSA) is 58.6 Å². The van der Waals surface area contributed by atoms with Crippen LogP contribution in [0.4, 0.5) is 11.4 Å². The Morgan fingerprint density at radius 1 is 1.16 bits per heavy atom. The molecule has 2 aromatic rings. The van der Waals surface area contributed by atoms with Crippen molar-refractivity contribution in [1.29, 1.82) is 0 Å². The number of hydrogen-bond acceptors (Lipinski definition) is 3. The molecular weight excluding hydrogens is 316 g/mol. The summed E-state index contributed by atoms with van der Waals surface area (Å²) < 4.78 is 5.61. The van der Waals surface area contributed by atoms with E-state index in [1.54, 1.807) is 6.07 Å². The number of benzene rings is 2. The van der Waals surface area contributed by atoms with Gasteiger partial charge in [-0.1, -0.05) is 29.8 Å². The number of nitrogens with one attached hydrogen (secondary N) is 1. The molecule has 1 aliphatic rings. The first-order chi connectivity index (χ1) is 12.0. The van der Waals surface area contributed by atoms with E-state index in [1.807, 2.05) is 51.1 Å². The second-order valence-corrected chi connectivity index (χ2v) is 6.37. The van der Waals surface area contributed by atoms with Gasteiger partial charge in [0.1, 0.15) is 12.3 Å². The number of nitrogens with zero attached hydrogens (tertiary/aromatic N) is 1. The number of hydrogen-bond donors (Lipinski definition) is 1. The van der Waals surface area contributed by atoms with Gasteiger partial charge in [0.15, 0.2) is 0 Å². The van der Waals surface area contributed by atoms with Gasteiger partial charge in [-0.25, -0.2) is 0 Å². The third-order valence-electron chi connectivity index (χ3n) is 4.27. The van der Waals surface area contributed by atoms with E-state index in [1.165, 1.54) is 4.90 Å². The molecule has 0 spiro atoms. The summed E-state index contributed by atoms with van der Waals surface area (Å²) in [7, 11) is 0. The standard InChI is InChI=1S/C20H22N2O3/c1-13-10-14(2)20(15(3)11-13)21-18(23)12-22-16-6-4-5-7-17(16)25-9-8-19(22)24/h4-7,10-11H,8-9,12H2,1-3H3,(H,21,23). The highest BCUT2D eigenvalue weighted by molar-refractivity contribution is 6.04. The van der Waals surface area contributed by atoms with Crippen molar-refractivity contribution in [2.75, 3.05) is 23.4 Å². The summed E-state index contributed by atoms with van der Waals surface area (Å²) in [4.78, 5) is 26.5. The fourth-order valence-corrected chi connectivity index (χ4v) is 3.19. The largest absolute Gasteiger partial charge is 0.491 e. The van der Waals surface area contributed by atoms with Gasteiger partial charge >= 0.3 is 0 Å². The predicted molar refractivity (Wildman–Crippen MR) is 98.2 cm³/mol. The Morgan fingerprint density at radius 3 is 2.56 bits per heavy atom. The van der Waals surface area contributed by atoms with E-state index in [0.29, 0.717) is 18.0 Å². The summed E-state index contributed by atoms with van der Waals surface area (Å²) in [5, 5.41) is 2.95. The molecule has 5 nitrogen and oxygen atoms in total. The van der Waals surface area contributed by atoms with Gasteiger partial charge < -0.3 is 10.1 Å². The zero-order valence-corrected chi connectivity index (χ0v) is 14.8. The Morgan fingerprint density at radius 2 is 1.84 bits per heavy atom. The lowest BCUT2D eigenvalue weighted by Crippen LogP contribution is -2.37. The van der Waals surface area contributed by atoms with E-state index >= 15 is 0 Å². The molecular formula is C20H22N2O3. The first-order valence-corrected chi connectivity index (χ1v) is 8.35. The molecule has 3 rings (SSSR count). The van der Waals surface area contributed by atoms with Gasteiger partial charge in [0.2, 0.25) is 11.8 Å². The molecule has 5 heteroatoms. The molecule has 1 aliphatic heterocycles. The molecule has 0 fully saturated rings. The Bertz CT molecular complexity index is 806. The molecule has 0 saturated heterocycles. The van der Waals surface area contributed by atoms with Crippen LogP contribution in [-0.4, -0.2) is 25.0 Å². The van der Waals surface area contributed by atoms with Crippen LogP contribution >= 0.6 is 0 Å². The Kier molecular flexibility index (Phi) is 4.74. The Labute approximate surface area is 147 Å². The average Bonchev–Trinajstić information content (AvgIpc) is 2.71. The number of carbonyl (C=O) groups excluding carboxylic acids is 2. The third-order valence-corrected chi connectivity index (χ3v) is 4.27. The molecule has 1 N–H and O–H groups in total. The van der Waals surface area contributed by atoms with Crippen molar-refractivity contribution in [3.8, 4) is 5.75 Å². The summed E-state index contributed by atoms with van der Waals surface area (Å²) in [6, 6.07) is 11.4. The second kappa shape index (κ2) is 6.97. The highest BCUT2D eigenvalue weighted by atomic mass is 16.5. The molecule has 0 atom stereocenters. The smallest absolute Gasteiger partial charge is 0.244 e. The summed E-state index contributed by atoms with van der Waals surface area (Å²) in [5.41, 5.74) is 4.62. The SMILES string of the molecule is Cc1cc(C)c(NC(=O)CN2C(=O)CCOc3ccccc32)c(C)c1. The van der Waals surface area contributed by atoms with Crippen LogP contribution in [0.1, 0.15) is 23.1 Å². The van der Waals surface area contributed by atoms with E-state index in [-0.39, 0.29) is 24.8 Å². The Balaban J connectivity index is 1.82.